The molecule has 0 saturated heterocycles. The molecule has 2 rings (SSSR count). The maximum atomic E-state index is 12.5. The van der Waals surface area contributed by atoms with Crippen LogP contribution in [-0.2, 0) is 11.0 Å². The molecule has 0 saturated carbocycles. The van der Waals surface area contributed by atoms with Crippen molar-refractivity contribution in [2.75, 3.05) is 11.9 Å². The molecule has 2 aromatic carbocycles. The van der Waals surface area contributed by atoms with E-state index >= 15 is 0 Å². The number of anilines is 1. The molecule has 6 heteroatoms. The summed E-state index contributed by atoms with van der Waals surface area (Å²) in [5.41, 5.74) is 0.769. The first kappa shape index (κ1) is 16.9. The van der Waals surface area contributed by atoms with Gasteiger partial charge in [-0.05, 0) is 55.0 Å². The SMILES string of the molecule is CC(=O)N(C)c1ccc(Oc2ccc(C(F)(F)F)cc2)c(C)c1. The number of carbonyl (C=O) groups excluding carboxylic acids is 1. The molecule has 0 atom stereocenters. The number of hydrogen-bond donors (Lipinski definition) is 0. The van der Waals surface area contributed by atoms with Crippen LogP contribution in [0.25, 0.3) is 0 Å². The molecular weight excluding hydrogens is 307 g/mol. The average Bonchev–Trinajstić information content (AvgIpc) is 2.48. The van der Waals surface area contributed by atoms with Crippen LogP contribution >= 0.6 is 0 Å². The summed E-state index contributed by atoms with van der Waals surface area (Å²) in [5.74, 6) is 0.736. The van der Waals surface area contributed by atoms with Gasteiger partial charge in [-0.1, -0.05) is 0 Å². The minimum Gasteiger partial charge on any atom is -0.457 e. The fraction of sp³-hybridized carbons (Fsp3) is 0.235. The highest BCUT2D eigenvalue weighted by molar-refractivity contribution is 5.91. The molecular formula is C17H16F3NO2. The summed E-state index contributed by atoms with van der Waals surface area (Å²) in [6.07, 6.45) is -4.37. The van der Waals surface area contributed by atoms with Gasteiger partial charge in [-0.3, -0.25) is 4.79 Å². The highest BCUT2D eigenvalue weighted by Crippen LogP contribution is 2.32. The summed E-state index contributed by atoms with van der Waals surface area (Å²) >= 11 is 0. The first-order chi connectivity index (χ1) is 10.7. The number of halogens is 3. The number of carbonyl (C=O) groups is 1. The summed E-state index contributed by atoms with van der Waals surface area (Å²) in [6, 6.07) is 9.68. The number of nitrogens with zero attached hydrogens (tertiary/aromatic N) is 1. The number of amides is 1. The van der Waals surface area contributed by atoms with Crippen molar-refractivity contribution in [2.45, 2.75) is 20.0 Å². The largest absolute Gasteiger partial charge is 0.457 e. The lowest BCUT2D eigenvalue weighted by atomic mass is 10.2. The van der Waals surface area contributed by atoms with E-state index in [4.69, 9.17) is 4.74 Å². The number of ether oxygens (including phenoxy) is 1. The van der Waals surface area contributed by atoms with E-state index < -0.39 is 11.7 Å². The molecule has 0 aliphatic carbocycles. The minimum absolute atomic E-state index is 0.0965. The molecule has 1 amide bonds. The van der Waals surface area contributed by atoms with Gasteiger partial charge < -0.3 is 9.64 Å². The maximum Gasteiger partial charge on any atom is 0.416 e. The molecule has 2 aromatic rings. The molecule has 0 fully saturated rings. The number of rotatable bonds is 3. The smallest absolute Gasteiger partial charge is 0.416 e. The third-order valence-corrected chi connectivity index (χ3v) is 3.43. The Hall–Kier alpha value is -2.50. The van der Waals surface area contributed by atoms with Crippen molar-refractivity contribution < 1.29 is 22.7 Å². The van der Waals surface area contributed by atoms with E-state index in [1.807, 2.05) is 0 Å². The van der Waals surface area contributed by atoms with E-state index in [-0.39, 0.29) is 5.91 Å². The van der Waals surface area contributed by atoms with E-state index in [9.17, 15) is 18.0 Å². The number of alkyl halides is 3. The van der Waals surface area contributed by atoms with Gasteiger partial charge in [0.15, 0.2) is 0 Å². The summed E-state index contributed by atoms with van der Waals surface area (Å²) in [5, 5.41) is 0. The van der Waals surface area contributed by atoms with Crippen LogP contribution in [0.15, 0.2) is 42.5 Å². The highest BCUT2D eigenvalue weighted by atomic mass is 19.4. The van der Waals surface area contributed by atoms with Crippen LogP contribution in [0.5, 0.6) is 11.5 Å². The van der Waals surface area contributed by atoms with Gasteiger partial charge in [0.25, 0.3) is 0 Å². The van der Waals surface area contributed by atoms with E-state index in [0.29, 0.717) is 11.5 Å². The van der Waals surface area contributed by atoms with Crippen LogP contribution in [-0.4, -0.2) is 13.0 Å². The summed E-state index contributed by atoms with van der Waals surface area (Å²) < 4.78 is 43.2. The second-order valence-corrected chi connectivity index (χ2v) is 5.15. The van der Waals surface area contributed by atoms with Crippen LogP contribution < -0.4 is 9.64 Å². The number of benzene rings is 2. The lowest BCUT2D eigenvalue weighted by Gasteiger charge is -2.17. The molecule has 0 N–H and O–H groups in total. The highest BCUT2D eigenvalue weighted by Gasteiger charge is 2.30. The molecule has 0 heterocycles. The molecule has 0 spiro atoms. The van der Waals surface area contributed by atoms with Crippen molar-refractivity contribution in [1.29, 1.82) is 0 Å². The van der Waals surface area contributed by atoms with Gasteiger partial charge in [-0.2, -0.15) is 13.2 Å². The zero-order valence-corrected chi connectivity index (χ0v) is 12.9. The summed E-state index contributed by atoms with van der Waals surface area (Å²) in [4.78, 5) is 12.8. The normalized spacial score (nSPS) is 11.2. The van der Waals surface area contributed by atoms with Gasteiger partial charge in [-0.25, -0.2) is 0 Å². The molecule has 0 bridgehead atoms. The molecule has 0 aliphatic heterocycles. The molecule has 0 aliphatic rings. The molecule has 0 unspecified atom stereocenters. The van der Waals surface area contributed by atoms with Crippen molar-refractivity contribution in [3.05, 3.63) is 53.6 Å². The van der Waals surface area contributed by atoms with Crippen molar-refractivity contribution in [2.24, 2.45) is 0 Å². The molecule has 3 nitrogen and oxygen atoms in total. The predicted molar refractivity (Wildman–Crippen MR) is 81.8 cm³/mol. The lowest BCUT2D eigenvalue weighted by molar-refractivity contribution is -0.137. The molecule has 23 heavy (non-hydrogen) atoms. The van der Waals surface area contributed by atoms with E-state index in [1.54, 1.807) is 32.2 Å². The van der Waals surface area contributed by atoms with Gasteiger partial charge >= 0.3 is 6.18 Å². The Morgan fingerprint density at radius 1 is 1.09 bits per heavy atom. The van der Waals surface area contributed by atoms with Gasteiger partial charge in [0, 0.05) is 19.7 Å². The van der Waals surface area contributed by atoms with Crippen molar-refractivity contribution in [3.8, 4) is 11.5 Å². The third-order valence-electron chi connectivity index (χ3n) is 3.43. The standard InChI is InChI=1S/C17H16F3NO2/c1-11-10-14(21(3)12(2)22)6-9-16(11)23-15-7-4-13(5-8-15)17(18,19)20/h4-10H,1-3H3. The van der Waals surface area contributed by atoms with Crippen molar-refractivity contribution >= 4 is 11.6 Å². The van der Waals surface area contributed by atoms with Crippen LogP contribution in [0.4, 0.5) is 18.9 Å². The van der Waals surface area contributed by atoms with Crippen LogP contribution in [0.1, 0.15) is 18.1 Å². The predicted octanol–water partition coefficient (Wildman–Crippen LogP) is 4.79. The molecule has 0 aromatic heterocycles. The average molecular weight is 323 g/mol. The second kappa shape index (κ2) is 6.32. The lowest BCUT2D eigenvalue weighted by Crippen LogP contribution is -2.22. The first-order valence-electron chi connectivity index (χ1n) is 6.88. The van der Waals surface area contributed by atoms with Crippen LogP contribution in [0, 0.1) is 6.92 Å². The Bertz CT molecular complexity index is 709. The zero-order chi connectivity index (χ0) is 17.2. The van der Waals surface area contributed by atoms with E-state index in [1.165, 1.54) is 24.0 Å². The van der Waals surface area contributed by atoms with Crippen LogP contribution in [0.3, 0.4) is 0 Å². The fourth-order valence-electron chi connectivity index (χ4n) is 1.98. The second-order valence-electron chi connectivity index (χ2n) is 5.15. The maximum absolute atomic E-state index is 12.5. The van der Waals surface area contributed by atoms with Crippen molar-refractivity contribution in [3.63, 3.8) is 0 Å². The topological polar surface area (TPSA) is 29.5 Å². The molecule has 122 valence electrons. The Morgan fingerprint density at radius 2 is 1.70 bits per heavy atom. The number of aryl methyl sites for hydroxylation is 1. The number of hydrogen-bond acceptors (Lipinski definition) is 2. The Morgan fingerprint density at radius 3 is 2.17 bits per heavy atom. The monoisotopic (exact) mass is 323 g/mol. The Balaban J connectivity index is 2.19. The van der Waals surface area contributed by atoms with Gasteiger partial charge in [0.2, 0.25) is 5.91 Å². The fourth-order valence-corrected chi connectivity index (χ4v) is 1.98. The third kappa shape index (κ3) is 4.03. The van der Waals surface area contributed by atoms with E-state index in [0.717, 1.165) is 23.4 Å². The van der Waals surface area contributed by atoms with Gasteiger partial charge in [0.05, 0.1) is 5.56 Å². The van der Waals surface area contributed by atoms with Gasteiger partial charge in [0.1, 0.15) is 11.5 Å². The Labute approximate surface area is 132 Å². The van der Waals surface area contributed by atoms with Crippen molar-refractivity contribution in [1.82, 2.24) is 0 Å². The van der Waals surface area contributed by atoms with E-state index in [2.05, 4.69) is 0 Å². The zero-order valence-electron chi connectivity index (χ0n) is 12.9. The quantitative estimate of drug-likeness (QED) is 0.813. The summed E-state index contributed by atoms with van der Waals surface area (Å²) in [6.45, 7) is 3.26. The van der Waals surface area contributed by atoms with Gasteiger partial charge in [-0.15, -0.1) is 0 Å². The summed E-state index contributed by atoms with van der Waals surface area (Å²) in [7, 11) is 1.66. The Kier molecular flexibility index (Phi) is 4.63. The first-order valence-corrected chi connectivity index (χ1v) is 6.88. The minimum atomic E-state index is -4.37. The molecule has 0 radical (unpaired) electrons. The van der Waals surface area contributed by atoms with Crippen LogP contribution in [0.2, 0.25) is 0 Å².